The number of rotatable bonds is 4. The van der Waals surface area contributed by atoms with Crippen LogP contribution < -0.4 is 4.74 Å². The van der Waals surface area contributed by atoms with E-state index in [9.17, 15) is 0 Å². The van der Waals surface area contributed by atoms with E-state index in [4.69, 9.17) is 9.72 Å². The summed E-state index contributed by atoms with van der Waals surface area (Å²) in [6, 6.07) is 14.3. The van der Waals surface area contributed by atoms with Gasteiger partial charge in [-0.15, -0.1) is 5.10 Å². The van der Waals surface area contributed by atoms with E-state index in [1.54, 1.807) is 7.11 Å². The zero-order valence-electron chi connectivity index (χ0n) is 16.8. The molecule has 0 fully saturated rings. The lowest BCUT2D eigenvalue weighted by atomic mass is 9.97. The molecule has 0 bridgehead atoms. The fourth-order valence-corrected chi connectivity index (χ4v) is 3.76. The molecule has 0 amide bonds. The number of pyridine rings is 1. The maximum atomic E-state index is 5.38. The molecule has 1 aliphatic rings. The molecule has 4 rings (SSSR count). The molecule has 28 heavy (non-hydrogen) atoms. The Kier molecular flexibility index (Phi) is 4.85. The SMILES string of the molecule is COc1cccc(C(c2nnnn2C(C)(C)C)N2CCc3ccccc3C2)n1. The van der Waals surface area contributed by atoms with Gasteiger partial charge < -0.3 is 4.74 Å². The van der Waals surface area contributed by atoms with Crippen LogP contribution in [-0.4, -0.2) is 43.7 Å². The highest BCUT2D eigenvalue weighted by molar-refractivity contribution is 5.31. The summed E-state index contributed by atoms with van der Waals surface area (Å²) >= 11 is 0. The highest BCUT2D eigenvalue weighted by atomic mass is 16.5. The fourth-order valence-electron chi connectivity index (χ4n) is 3.76. The van der Waals surface area contributed by atoms with Gasteiger partial charge in [-0.1, -0.05) is 30.3 Å². The minimum absolute atomic E-state index is 0.155. The molecular formula is C21H26N6O. The number of tetrazole rings is 1. The molecule has 0 saturated carbocycles. The maximum Gasteiger partial charge on any atom is 0.213 e. The van der Waals surface area contributed by atoms with Gasteiger partial charge in [0.15, 0.2) is 5.82 Å². The molecule has 0 radical (unpaired) electrons. The Labute approximate surface area is 165 Å². The van der Waals surface area contributed by atoms with Gasteiger partial charge >= 0.3 is 0 Å². The molecule has 7 nitrogen and oxygen atoms in total. The van der Waals surface area contributed by atoms with E-state index in [0.717, 1.165) is 31.0 Å². The van der Waals surface area contributed by atoms with E-state index in [-0.39, 0.29) is 11.6 Å². The number of methoxy groups -OCH3 is 1. The minimum Gasteiger partial charge on any atom is -0.481 e. The zero-order valence-corrected chi connectivity index (χ0v) is 16.8. The first-order valence-corrected chi connectivity index (χ1v) is 9.58. The van der Waals surface area contributed by atoms with E-state index in [2.05, 4.69) is 65.5 Å². The molecule has 0 N–H and O–H groups in total. The molecule has 1 atom stereocenters. The van der Waals surface area contributed by atoms with Gasteiger partial charge in [0.2, 0.25) is 5.88 Å². The average Bonchev–Trinajstić information content (AvgIpc) is 3.18. The summed E-state index contributed by atoms with van der Waals surface area (Å²) in [4.78, 5) is 7.13. The number of nitrogens with zero attached hydrogens (tertiary/aromatic N) is 6. The third kappa shape index (κ3) is 3.49. The van der Waals surface area contributed by atoms with Gasteiger partial charge in [0, 0.05) is 19.2 Å². The molecule has 146 valence electrons. The summed E-state index contributed by atoms with van der Waals surface area (Å²) in [5.74, 6) is 1.39. The molecule has 7 heteroatoms. The number of fused-ring (bicyclic) bond motifs is 1. The lowest BCUT2D eigenvalue weighted by molar-refractivity contribution is 0.182. The summed E-state index contributed by atoms with van der Waals surface area (Å²) < 4.78 is 7.28. The molecular weight excluding hydrogens is 352 g/mol. The van der Waals surface area contributed by atoms with Crippen molar-refractivity contribution in [2.45, 2.75) is 45.3 Å². The number of hydrogen-bond donors (Lipinski definition) is 0. The normalized spacial score (nSPS) is 15.9. The second-order valence-corrected chi connectivity index (χ2v) is 8.12. The second kappa shape index (κ2) is 7.31. The monoisotopic (exact) mass is 378 g/mol. The lowest BCUT2D eigenvalue weighted by Gasteiger charge is -2.35. The fraction of sp³-hybridized carbons (Fsp3) is 0.429. The van der Waals surface area contributed by atoms with Crippen molar-refractivity contribution in [3.63, 3.8) is 0 Å². The molecule has 0 saturated heterocycles. The standard InChI is InChI=1S/C21H26N6O/c1-21(2,3)27-20(23-24-25-27)19(17-10-7-11-18(22-17)28-4)26-13-12-15-8-5-6-9-16(15)14-26/h5-11,19H,12-14H2,1-4H3. The van der Waals surface area contributed by atoms with Crippen LogP contribution in [0.2, 0.25) is 0 Å². The Hall–Kier alpha value is -2.80. The molecule has 3 aromatic rings. The Bertz CT molecular complexity index is 961. The Balaban J connectivity index is 1.80. The van der Waals surface area contributed by atoms with E-state index in [0.29, 0.717) is 5.88 Å². The van der Waals surface area contributed by atoms with Crippen LogP contribution in [0.4, 0.5) is 0 Å². The zero-order chi connectivity index (χ0) is 19.7. The molecule has 2 aromatic heterocycles. The van der Waals surface area contributed by atoms with Crippen molar-refractivity contribution >= 4 is 0 Å². The second-order valence-electron chi connectivity index (χ2n) is 8.12. The molecule has 1 aromatic carbocycles. The summed E-state index contributed by atoms with van der Waals surface area (Å²) in [5, 5.41) is 12.7. The summed E-state index contributed by atoms with van der Waals surface area (Å²) in [7, 11) is 1.64. The highest BCUT2D eigenvalue weighted by Crippen LogP contribution is 2.33. The smallest absolute Gasteiger partial charge is 0.213 e. The largest absolute Gasteiger partial charge is 0.481 e. The molecule has 0 aliphatic carbocycles. The van der Waals surface area contributed by atoms with E-state index in [1.807, 2.05) is 22.9 Å². The molecule has 1 aliphatic heterocycles. The van der Waals surface area contributed by atoms with Gasteiger partial charge in [0.05, 0.1) is 18.3 Å². The lowest BCUT2D eigenvalue weighted by Crippen LogP contribution is -2.38. The predicted molar refractivity (Wildman–Crippen MR) is 106 cm³/mol. The summed E-state index contributed by atoms with van der Waals surface area (Å²) in [5.41, 5.74) is 3.41. The Morgan fingerprint density at radius 1 is 1.04 bits per heavy atom. The maximum absolute atomic E-state index is 5.38. The first kappa shape index (κ1) is 18.6. The van der Waals surface area contributed by atoms with Crippen LogP contribution in [-0.2, 0) is 18.5 Å². The van der Waals surface area contributed by atoms with Crippen LogP contribution in [0, 0.1) is 0 Å². The first-order valence-electron chi connectivity index (χ1n) is 9.58. The molecule has 3 heterocycles. The summed E-state index contributed by atoms with van der Waals surface area (Å²) in [6.45, 7) is 8.06. The van der Waals surface area contributed by atoms with Gasteiger partial charge in [0.25, 0.3) is 0 Å². The van der Waals surface area contributed by atoms with Crippen LogP contribution in [0.15, 0.2) is 42.5 Å². The van der Waals surface area contributed by atoms with Crippen molar-refractivity contribution in [3.05, 3.63) is 65.1 Å². The van der Waals surface area contributed by atoms with Gasteiger partial charge in [-0.2, -0.15) is 0 Å². The minimum atomic E-state index is -0.232. The average molecular weight is 378 g/mol. The van der Waals surface area contributed by atoms with Crippen molar-refractivity contribution in [1.82, 2.24) is 30.1 Å². The topological polar surface area (TPSA) is 69.0 Å². The quantitative estimate of drug-likeness (QED) is 0.695. The van der Waals surface area contributed by atoms with Crippen LogP contribution in [0.1, 0.15) is 49.5 Å². The first-order chi connectivity index (χ1) is 13.5. The van der Waals surface area contributed by atoms with Gasteiger partial charge in [-0.25, -0.2) is 9.67 Å². The molecule has 0 spiro atoms. The predicted octanol–water partition coefficient (Wildman–Crippen LogP) is 2.98. The number of ether oxygens (including phenoxy) is 1. The van der Waals surface area contributed by atoms with Crippen LogP contribution in [0.5, 0.6) is 5.88 Å². The Morgan fingerprint density at radius 3 is 2.57 bits per heavy atom. The van der Waals surface area contributed by atoms with E-state index < -0.39 is 0 Å². The van der Waals surface area contributed by atoms with Crippen LogP contribution in [0.25, 0.3) is 0 Å². The number of hydrogen-bond acceptors (Lipinski definition) is 6. The van der Waals surface area contributed by atoms with Gasteiger partial charge in [-0.05, 0) is 54.8 Å². The van der Waals surface area contributed by atoms with Crippen molar-refractivity contribution in [2.24, 2.45) is 0 Å². The summed E-state index contributed by atoms with van der Waals surface area (Å²) in [6.07, 6.45) is 0.994. The van der Waals surface area contributed by atoms with Crippen molar-refractivity contribution in [3.8, 4) is 5.88 Å². The van der Waals surface area contributed by atoms with Crippen LogP contribution >= 0.6 is 0 Å². The molecule has 1 unspecified atom stereocenters. The third-order valence-electron chi connectivity index (χ3n) is 5.13. The van der Waals surface area contributed by atoms with Gasteiger partial charge in [0.1, 0.15) is 6.04 Å². The Morgan fingerprint density at radius 2 is 1.82 bits per heavy atom. The van der Waals surface area contributed by atoms with E-state index >= 15 is 0 Å². The van der Waals surface area contributed by atoms with Gasteiger partial charge in [-0.3, -0.25) is 4.90 Å². The van der Waals surface area contributed by atoms with Crippen molar-refractivity contribution in [2.75, 3.05) is 13.7 Å². The van der Waals surface area contributed by atoms with E-state index in [1.165, 1.54) is 11.1 Å². The number of aromatic nitrogens is 5. The third-order valence-corrected chi connectivity index (χ3v) is 5.13. The highest BCUT2D eigenvalue weighted by Gasteiger charge is 2.34. The van der Waals surface area contributed by atoms with Crippen molar-refractivity contribution < 1.29 is 4.74 Å². The van der Waals surface area contributed by atoms with Crippen molar-refractivity contribution in [1.29, 1.82) is 0 Å². The number of benzene rings is 1. The van der Waals surface area contributed by atoms with Crippen LogP contribution in [0.3, 0.4) is 0 Å².